The molecule has 0 bridgehead atoms. The maximum atomic E-state index is 13.6. The van der Waals surface area contributed by atoms with Gasteiger partial charge < -0.3 is 4.90 Å². The van der Waals surface area contributed by atoms with E-state index in [0.29, 0.717) is 19.5 Å². The summed E-state index contributed by atoms with van der Waals surface area (Å²) in [5.74, 6) is -1.79. The standard InChI is InChI=1S/C26H24F2N2O2/c1-15-14-30(26(32)17-7-8-22(27)23(28)11-17)10-9-19(15)21-12-18(13-25(31)16-5-6-16)29-24-4-2-3-20(21)24/h2-3,7-9,11-12,15-16H,4-6,10,13-14H2,1H3. The van der Waals surface area contributed by atoms with Gasteiger partial charge in [0, 0.05) is 48.7 Å². The summed E-state index contributed by atoms with van der Waals surface area (Å²) in [4.78, 5) is 31.6. The minimum Gasteiger partial charge on any atom is -0.334 e. The lowest BCUT2D eigenvalue weighted by Crippen LogP contribution is -2.38. The van der Waals surface area contributed by atoms with Crippen molar-refractivity contribution in [3.8, 4) is 0 Å². The highest BCUT2D eigenvalue weighted by molar-refractivity contribution is 5.95. The normalized spacial score (nSPS) is 19.7. The van der Waals surface area contributed by atoms with Crippen LogP contribution in [-0.4, -0.2) is 34.7 Å². The maximum Gasteiger partial charge on any atom is 0.254 e. The van der Waals surface area contributed by atoms with Gasteiger partial charge in [-0.15, -0.1) is 0 Å². The predicted molar refractivity (Wildman–Crippen MR) is 118 cm³/mol. The summed E-state index contributed by atoms with van der Waals surface area (Å²) in [6, 6.07) is 5.28. The van der Waals surface area contributed by atoms with Gasteiger partial charge in [0.25, 0.3) is 5.91 Å². The van der Waals surface area contributed by atoms with Crippen molar-refractivity contribution in [3.63, 3.8) is 0 Å². The van der Waals surface area contributed by atoms with Crippen molar-refractivity contribution in [1.82, 2.24) is 9.88 Å². The second kappa shape index (κ2) is 8.08. The summed E-state index contributed by atoms with van der Waals surface area (Å²) in [5.41, 5.74) is 5.24. The third-order valence-corrected chi connectivity index (χ3v) is 6.50. The van der Waals surface area contributed by atoms with E-state index >= 15 is 0 Å². The van der Waals surface area contributed by atoms with Gasteiger partial charge in [0.15, 0.2) is 11.6 Å². The molecular formula is C26H24F2N2O2. The molecule has 1 aliphatic heterocycles. The van der Waals surface area contributed by atoms with E-state index in [1.54, 1.807) is 4.90 Å². The number of benzene rings is 1. The lowest BCUT2D eigenvalue weighted by molar-refractivity contribution is -0.119. The molecule has 1 aromatic heterocycles. The Labute approximate surface area is 185 Å². The average Bonchev–Trinajstić information content (AvgIpc) is 3.53. The van der Waals surface area contributed by atoms with Gasteiger partial charge in [-0.25, -0.2) is 8.78 Å². The lowest BCUT2D eigenvalue weighted by atomic mass is 9.87. The van der Waals surface area contributed by atoms with Crippen LogP contribution in [0.4, 0.5) is 8.78 Å². The molecule has 2 aromatic rings. The highest BCUT2D eigenvalue weighted by Crippen LogP contribution is 2.36. The van der Waals surface area contributed by atoms with Crippen LogP contribution in [0.15, 0.2) is 36.4 Å². The Morgan fingerprint density at radius 2 is 1.97 bits per heavy atom. The topological polar surface area (TPSA) is 50.3 Å². The molecule has 1 amide bonds. The number of carbonyl (C=O) groups is 2. The van der Waals surface area contributed by atoms with Crippen LogP contribution >= 0.6 is 0 Å². The number of allylic oxidation sites excluding steroid dienone is 1. The first-order chi connectivity index (χ1) is 15.4. The van der Waals surface area contributed by atoms with Gasteiger partial charge in [0.1, 0.15) is 5.78 Å². The van der Waals surface area contributed by atoms with E-state index < -0.39 is 11.6 Å². The van der Waals surface area contributed by atoms with Gasteiger partial charge >= 0.3 is 0 Å². The molecule has 1 atom stereocenters. The van der Waals surface area contributed by atoms with E-state index in [0.717, 1.165) is 59.5 Å². The van der Waals surface area contributed by atoms with Crippen LogP contribution in [0.5, 0.6) is 0 Å². The first-order valence-electron chi connectivity index (χ1n) is 11.1. The van der Waals surface area contributed by atoms with Crippen LogP contribution in [0, 0.1) is 23.5 Å². The summed E-state index contributed by atoms with van der Waals surface area (Å²) in [5, 5.41) is 0. The Bertz CT molecular complexity index is 1180. The van der Waals surface area contributed by atoms with Crippen molar-refractivity contribution >= 4 is 23.3 Å². The number of fused-ring (bicyclic) bond motifs is 1. The van der Waals surface area contributed by atoms with Crippen molar-refractivity contribution in [2.24, 2.45) is 11.8 Å². The van der Waals surface area contributed by atoms with E-state index in [1.807, 2.05) is 12.1 Å². The minimum absolute atomic E-state index is 0.0467. The number of rotatable bonds is 5. The van der Waals surface area contributed by atoms with Crippen molar-refractivity contribution in [2.75, 3.05) is 13.1 Å². The third kappa shape index (κ3) is 3.90. The molecule has 32 heavy (non-hydrogen) atoms. The van der Waals surface area contributed by atoms with Crippen LogP contribution in [-0.2, 0) is 17.6 Å². The Hall–Kier alpha value is -3.15. The molecule has 6 heteroatoms. The van der Waals surface area contributed by atoms with E-state index in [9.17, 15) is 18.4 Å². The lowest BCUT2D eigenvalue weighted by Gasteiger charge is -2.32. The Kier molecular flexibility index (Phi) is 5.24. The Morgan fingerprint density at radius 1 is 1.16 bits per heavy atom. The Balaban J connectivity index is 1.41. The fourth-order valence-corrected chi connectivity index (χ4v) is 4.62. The molecule has 0 saturated heterocycles. The van der Waals surface area contributed by atoms with Crippen molar-refractivity contribution in [3.05, 3.63) is 76.1 Å². The maximum absolute atomic E-state index is 13.6. The minimum atomic E-state index is -1.02. The largest absolute Gasteiger partial charge is 0.334 e. The molecule has 2 heterocycles. The molecule has 3 aliphatic rings. The van der Waals surface area contributed by atoms with Gasteiger partial charge in [-0.05, 0) is 54.2 Å². The van der Waals surface area contributed by atoms with Crippen LogP contribution in [0.3, 0.4) is 0 Å². The van der Waals surface area contributed by atoms with Crippen molar-refractivity contribution < 1.29 is 18.4 Å². The number of amides is 1. The summed E-state index contributed by atoms with van der Waals surface area (Å²) in [6.45, 7) is 2.91. The molecule has 1 unspecified atom stereocenters. The quantitative estimate of drug-likeness (QED) is 0.690. The fraction of sp³-hybridized carbons (Fsp3) is 0.346. The molecule has 0 radical (unpaired) electrons. The number of ketones is 1. The molecule has 1 aromatic carbocycles. The molecule has 1 fully saturated rings. The van der Waals surface area contributed by atoms with E-state index in [-0.39, 0.29) is 29.1 Å². The Morgan fingerprint density at radius 3 is 2.69 bits per heavy atom. The molecule has 0 spiro atoms. The second-order valence-electron chi connectivity index (χ2n) is 8.94. The zero-order chi connectivity index (χ0) is 22.4. The molecule has 0 N–H and O–H groups in total. The number of Topliss-reactive ketones (excluding diaryl/α,β-unsaturated/α-hetero) is 1. The summed E-state index contributed by atoms with van der Waals surface area (Å²) in [7, 11) is 0. The monoisotopic (exact) mass is 434 g/mol. The number of pyridine rings is 1. The molecule has 4 nitrogen and oxygen atoms in total. The number of aromatic nitrogens is 1. The van der Waals surface area contributed by atoms with Crippen LogP contribution in [0.25, 0.3) is 11.6 Å². The predicted octanol–water partition coefficient (Wildman–Crippen LogP) is 4.63. The third-order valence-electron chi connectivity index (χ3n) is 6.50. The van der Waals surface area contributed by atoms with Gasteiger partial charge in [-0.2, -0.15) is 0 Å². The van der Waals surface area contributed by atoms with Crippen LogP contribution in [0.1, 0.15) is 52.6 Å². The van der Waals surface area contributed by atoms with Crippen molar-refractivity contribution in [2.45, 2.75) is 32.6 Å². The van der Waals surface area contributed by atoms with E-state index in [2.05, 4.69) is 19.1 Å². The highest BCUT2D eigenvalue weighted by atomic mass is 19.2. The zero-order valence-electron chi connectivity index (χ0n) is 17.9. The average molecular weight is 434 g/mol. The molecule has 164 valence electrons. The summed E-state index contributed by atoms with van der Waals surface area (Å²) >= 11 is 0. The number of hydrogen-bond donors (Lipinski definition) is 0. The summed E-state index contributed by atoms with van der Waals surface area (Å²) in [6.07, 6.45) is 9.30. The van der Waals surface area contributed by atoms with E-state index in [4.69, 9.17) is 4.98 Å². The number of carbonyl (C=O) groups excluding carboxylic acids is 2. The first kappa shape index (κ1) is 20.7. The smallest absolute Gasteiger partial charge is 0.254 e. The van der Waals surface area contributed by atoms with Gasteiger partial charge in [-0.3, -0.25) is 14.6 Å². The van der Waals surface area contributed by atoms with E-state index in [1.165, 1.54) is 6.07 Å². The van der Waals surface area contributed by atoms with Gasteiger partial charge in [0.2, 0.25) is 0 Å². The molecule has 2 aliphatic carbocycles. The summed E-state index contributed by atoms with van der Waals surface area (Å²) < 4.78 is 26.8. The first-order valence-corrected chi connectivity index (χ1v) is 11.1. The van der Waals surface area contributed by atoms with Crippen LogP contribution < -0.4 is 0 Å². The second-order valence-corrected chi connectivity index (χ2v) is 8.94. The van der Waals surface area contributed by atoms with Crippen molar-refractivity contribution in [1.29, 1.82) is 0 Å². The van der Waals surface area contributed by atoms with Gasteiger partial charge in [-0.1, -0.05) is 25.2 Å². The molecule has 1 saturated carbocycles. The highest BCUT2D eigenvalue weighted by Gasteiger charge is 2.31. The fourth-order valence-electron chi connectivity index (χ4n) is 4.62. The van der Waals surface area contributed by atoms with Gasteiger partial charge in [0.05, 0.1) is 5.69 Å². The number of halogens is 2. The zero-order valence-corrected chi connectivity index (χ0v) is 17.9. The SMILES string of the molecule is CC1CN(C(=O)c2ccc(F)c(F)c2)CC=C1c1cc(CC(=O)C2CC2)nc2c1C=CC2. The number of nitrogens with zero attached hydrogens (tertiary/aromatic N) is 2. The molecular weight excluding hydrogens is 410 g/mol. The molecule has 5 rings (SSSR count). The number of hydrogen-bond acceptors (Lipinski definition) is 3. The van der Waals surface area contributed by atoms with Crippen LogP contribution in [0.2, 0.25) is 0 Å².